The van der Waals surface area contributed by atoms with Crippen molar-refractivity contribution in [2.75, 3.05) is 12.3 Å². The fourth-order valence-corrected chi connectivity index (χ4v) is 4.62. The predicted octanol–water partition coefficient (Wildman–Crippen LogP) is 0.613. The molecular formula is C16H19N5O5S2. The van der Waals surface area contributed by atoms with Crippen LogP contribution in [0, 0.1) is 0 Å². The third-order valence-corrected chi connectivity index (χ3v) is 5.99. The topological polar surface area (TPSA) is 147 Å². The molecule has 0 bridgehead atoms. The van der Waals surface area contributed by atoms with Crippen LogP contribution in [-0.2, 0) is 19.2 Å². The van der Waals surface area contributed by atoms with Gasteiger partial charge in [-0.15, -0.1) is 23.1 Å². The average Bonchev–Trinajstić information content (AvgIpc) is 3.08. The molecule has 1 aromatic heterocycles. The SMILES string of the molecule is CCCO/N=C(/C(=O)NC1C(=O)N2C(C(=O)O)=CC(C)S[C@H]12)c1csc(N)n1. The number of nitrogens with two attached hydrogens (primary N) is 1. The van der Waals surface area contributed by atoms with Crippen molar-refractivity contribution in [1.82, 2.24) is 15.2 Å². The van der Waals surface area contributed by atoms with E-state index >= 15 is 0 Å². The van der Waals surface area contributed by atoms with E-state index in [4.69, 9.17) is 10.6 Å². The minimum absolute atomic E-state index is 0.0702. The largest absolute Gasteiger partial charge is 0.477 e. The number of β-lactam (4-membered cyclic amide) rings is 1. The zero-order chi connectivity index (χ0) is 20.4. The molecule has 4 N–H and O–H groups in total. The number of carboxylic acid groups (broad SMARTS) is 1. The molecule has 0 radical (unpaired) electrons. The molecular weight excluding hydrogens is 406 g/mol. The second kappa shape index (κ2) is 8.19. The molecule has 3 heterocycles. The van der Waals surface area contributed by atoms with Gasteiger partial charge in [0.25, 0.3) is 11.8 Å². The van der Waals surface area contributed by atoms with Crippen LogP contribution in [0.25, 0.3) is 0 Å². The maximum absolute atomic E-state index is 12.8. The lowest BCUT2D eigenvalue weighted by Crippen LogP contribution is -2.71. The Kier molecular flexibility index (Phi) is 5.89. The molecule has 0 aromatic carbocycles. The summed E-state index contributed by atoms with van der Waals surface area (Å²) in [5.41, 5.74) is 5.72. The van der Waals surface area contributed by atoms with E-state index < -0.39 is 29.2 Å². The van der Waals surface area contributed by atoms with E-state index in [2.05, 4.69) is 15.5 Å². The first-order chi connectivity index (χ1) is 13.3. The van der Waals surface area contributed by atoms with Crippen molar-refractivity contribution in [1.29, 1.82) is 0 Å². The summed E-state index contributed by atoms with van der Waals surface area (Å²) in [5, 5.41) is 17.0. The number of thiazole rings is 1. The van der Waals surface area contributed by atoms with Crippen LogP contribution in [0.2, 0.25) is 0 Å². The van der Waals surface area contributed by atoms with Crippen molar-refractivity contribution in [3.63, 3.8) is 0 Å². The molecule has 1 aromatic rings. The lowest BCUT2D eigenvalue weighted by Gasteiger charge is -2.49. The molecule has 2 aliphatic rings. The molecule has 2 amide bonds. The first kappa shape index (κ1) is 20.1. The average molecular weight is 425 g/mol. The zero-order valence-electron chi connectivity index (χ0n) is 15.1. The van der Waals surface area contributed by atoms with Gasteiger partial charge in [0.05, 0.1) is 0 Å². The predicted molar refractivity (Wildman–Crippen MR) is 105 cm³/mol. The summed E-state index contributed by atoms with van der Waals surface area (Å²) in [4.78, 5) is 47.0. The van der Waals surface area contributed by atoms with Gasteiger partial charge >= 0.3 is 5.97 Å². The van der Waals surface area contributed by atoms with Gasteiger partial charge in [0.1, 0.15) is 29.4 Å². The fraction of sp³-hybridized carbons (Fsp3) is 0.438. The highest BCUT2D eigenvalue weighted by Gasteiger charge is 2.54. The Balaban J connectivity index is 1.77. The van der Waals surface area contributed by atoms with E-state index in [9.17, 15) is 19.5 Å². The number of carbonyl (C=O) groups excluding carboxylic acids is 2. The maximum atomic E-state index is 12.8. The van der Waals surface area contributed by atoms with Crippen molar-refractivity contribution < 1.29 is 24.3 Å². The Bertz CT molecular complexity index is 867. The van der Waals surface area contributed by atoms with E-state index in [1.54, 1.807) is 5.38 Å². The molecule has 3 atom stereocenters. The van der Waals surface area contributed by atoms with Crippen LogP contribution < -0.4 is 11.1 Å². The molecule has 10 nitrogen and oxygen atoms in total. The summed E-state index contributed by atoms with van der Waals surface area (Å²) >= 11 is 2.54. The summed E-state index contributed by atoms with van der Waals surface area (Å²) in [7, 11) is 0. The van der Waals surface area contributed by atoms with Crippen molar-refractivity contribution in [3.05, 3.63) is 22.8 Å². The van der Waals surface area contributed by atoms with E-state index in [1.807, 2.05) is 13.8 Å². The van der Waals surface area contributed by atoms with Gasteiger partial charge < -0.3 is 21.0 Å². The number of fused-ring (bicyclic) bond motifs is 1. The van der Waals surface area contributed by atoms with Crippen LogP contribution in [0.15, 0.2) is 22.3 Å². The highest BCUT2D eigenvalue weighted by molar-refractivity contribution is 8.00. The van der Waals surface area contributed by atoms with E-state index in [0.29, 0.717) is 13.0 Å². The number of amides is 2. The van der Waals surface area contributed by atoms with Crippen LogP contribution in [0.5, 0.6) is 0 Å². The number of hydrogen-bond donors (Lipinski definition) is 3. The summed E-state index contributed by atoms with van der Waals surface area (Å²) in [6.07, 6.45) is 2.22. The summed E-state index contributed by atoms with van der Waals surface area (Å²) in [5.74, 6) is -2.31. The third kappa shape index (κ3) is 3.83. The Labute approximate surface area is 168 Å². The second-order valence-corrected chi connectivity index (χ2v) is 8.48. The lowest BCUT2D eigenvalue weighted by molar-refractivity contribution is -0.150. The summed E-state index contributed by atoms with van der Waals surface area (Å²) in [6, 6.07) is -0.865. The number of aliphatic carboxylic acids is 1. The third-order valence-electron chi connectivity index (χ3n) is 3.99. The Morgan fingerprint density at radius 2 is 2.25 bits per heavy atom. The fourth-order valence-electron chi connectivity index (χ4n) is 2.74. The standard InChI is InChI=1S/C16H19N5O5S2/c1-3-4-26-20-10(8-6-27-16(17)18-8)12(22)19-11-13(23)21-9(15(24)25)5-7(2)28-14(11)21/h5-7,11,14H,3-4H2,1-2H3,(H2,17,18)(H,19,22)(H,24,25)/b20-10+/t7?,11?,14-/m1/s1. The number of nitrogens with one attached hydrogen (secondary N) is 1. The number of thioether (sulfide) groups is 1. The summed E-state index contributed by atoms with van der Waals surface area (Å²) in [6.45, 7) is 4.04. The molecule has 0 spiro atoms. The minimum atomic E-state index is -1.18. The number of aromatic nitrogens is 1. The lowest BCUT2D eigenvalue weighted by atomic mass is 10.0. The zero-order valence-corrected chi connectivity index (χ0v) is 16.7. The van der Waals surface area contributed by atoms with E-state index in [-0.39, 0.29) is 27.5 Å². The van der Waals surface area contributed by atoms with Gasteiger partial charge in [-0.3, -0.25) is 14.5 Å². The Morgan fingerprint density at radius 1 is 1.50 bits per heavy atom. The number of hydrogen-bond acceptors (Lipinski definition) is 9. The Hall–Kier alpha value is -2.60. The van der Waals surface area contributed by atoms with Gasteiger partial charge in [0.15, 0.2) is 10.8 Å². The maximum Gasteiger partial charge on any atom is 0.352 e. The van der Waals surface area contributed by atoms with Gasteiger partial charge in [-0.1, -0.05) is 12.1 Å². The van der Waals surface area contributed by atoms with Gasteiger partial charge in [-0.2, -0.15) is 0 Å². The molecule has 12 heteroatoms. The number of nitrogens with zero attached hydrogens (tertiary/aromatic N) is 3. The number of nitrogen functional groups attached to an aromatic ring is 1. The smallest absolute Gasteiger partial charge is 0.352 e. The van der Waals surface area contributed by atoms with Crippen LogP contribution in [-0.4, -0.2) is 61.8 Å². The van der Waals surface area contributed by atoms with Crippen LogP contribution in [0.1, 0.15) is 26.0 Å². The quantitative estimate of drug-likeness (QED) is 0.249. The van der Waals surface area contributed by atoms with Crippen LogP contribution >= 0.6 is 23.1 Å². The Morgan fingerprint density at radius 3 is 2.86 bits per heavy atom. The number of oxime groups is 1. The molecule has 1 saturated heterocycles. The number of anilines is 1. The molecule has 2 unspecified atom stereocenters. The molecule has 0 aliphatic carbocycles. The van der Waals surface area contributed by atoms with Crippen molar-refractivity contribution in [2.24, 2.45) is 5.16 Å². The molecule has 150 valence electrons. The highest BCUT2D eigenvalue weighted by Crippen LogP contribution is 2.40. The number of rotatable bonds is 7. The van der Waals surface area contributed by atoms with Crippen molar-refractivity contribution in [3.8, 4) is 0 Å². The monoisotopic (exact) mass is 425 g/mol. The van der Waals surface area contributed by atoms with Crippen molar-refractivity contribution >= 4 is 51.7 Å². The number of carboxylic acids is 1. The van der Waals surface area contributed by atoms with Gasteiger partial charge in [-0.25, -0.2) is 9.78 Å². The molecule has 28 heavy (non-hydrogen) atoms. The van der Waals surface area contributed by atoms with Gasteiger partial charge in [0.2, 0.25) is 0 Å². The van der Waals surface area contributed by atoms with E-state index in [0.717, 1.165) is 11.3 Å². The number of carbonyl (C=O) groups is 3. The molecule has 3 rings (SSSR count). The first-order valence-corrected chi connectivity index (χ1v) is 10.3. The first-order valence-electron chi connectivity index (χ1n) is 8.49. The van der Waals surface area contributed by atoms with Gasteiger partial charge in [0, 0.05) is 10.6 Å². The minimum Gasteiger partial charge on any atom is -0.477 e. The normalized spacial score (nSPS) is 24.1. The molecule has 2 aliphatic heterocycles. The molecule has 1 fully saturated rings. The van der Waals surface area contributed by atoms with Crippen LogP contribution in [0.3, 0.4) is 0 Å². The van der Waals surface area contributed by atoms with E-state index in [1.165, 1.54) is 22.7 Å². The van der Waals surface area contributed by atoms with Crippen LogP contribution in [0.4, 0.5) is 5.13 Å². The summed E-state index contributed by atoms with van der Waals surface area (Å²) < 4.78 is 0. The highest BCUT2D eigenvalue weighted by atomic mass is 32.2. The van der Waals surface area contributed by atoms with Crippen molar-refractivity contribution in [2.45, 2.75) is 36.9 Å². The second-order valence-electron chi connectivity index (χ2n) is 6.09. The van der Waals surface area contributed by atoms with Gasteiger partial charge in [-0.05, 0) is 19.4 Å². The molecule has 0 saturated carbocycles.